The van der Waals surface area contributed by atoms with E-state index in [-0.39, 0.29) is 11.4 Å². The van der Waals surface area contributed by atoms with Crippen molar-refractivity contribution in [3.63, 3.8) is 0 Å². The number of benzene rings is 1. The van der Waals surface area contributed by atoms with Crippen LogP contribution in [0.3, 0.4) is 0 Å². The molecule has 1 saturated carbocycles. The van der Waals surface area contributed by atoms with Gasteiger partial charge in [0.1, 0.15) is 0 Å². The van der Waals surface area contributed by atoms with E-state index in [0.29, 0.717) is 6.42 Å². The van der Waals surface area contributed by atoms with Crippen molar-refractivity contribution in [3.8, 4) is 0 Å². The quantitative estimate of drug-likeness (QED) is 0.811. The van der Waals surface area contributed by atoms with Crippen LogP contribution in [0.5, 0.6) is 0 Å². The highest BCUT2D eigenvalue weighted by atomic mass is 16.1. The fourth-order valence-electron chi connectivity index (χ4n) is 5.46. The van der Waals surface area contributed by atoms with Crippen molar-refractivity contribution in [2.24, 2.45) is 7.05 Å². The molecule has 1 N–H and O–H groups in total. The van der Waals surface area contributed by atoms with E-state index < -0.39 is 0 Å². The SMILES string of the molecule is Cn1cccc1CN1CCCN(Cc2ccccc2)C2(CCCCC2)CC(=O)NCC1. The Morgan fingerprint density at radius 2 is 1.71 bits per heavy atom. The topological polar surface area (TPSA) is 40.5 Å². The smallest absolute Gasteiger partial charge is 0.221 e. The lowest BCUT2D eigenvalue weighted by molar-refractivity contribution is -0.125. The number of amides is 1. The summed E-state index contributed by atoms with van der Waals surface area (Å²) in [7, 11) is 2.11. The largest absolute Gasteiger partial charge is 0.355 e. The molecule has 2 fully saturated rings. The zero-order valence-electron chi connectivity index (χ0n) is 19.1. The summed E-state index contributed by atoms with van der Waals surface area (Å²) >= 11 is 0. The van der Waals surface area contributed by atoms with Crippen molar-refractivity contribution in [3.05, 3.63) is 59.9 Å². The number of aryl methyl sites for hydroxylation is 1. The van der Waals surface area contributed by atoms with Crippen LogP contribution < -0.4 is 5.32 Å². The Morgan fingerprint density at radius 1 is 0.903 bits per heavy atom. The van der Waals surface area contributed by atoms with Crippen molar-refractivity contribution in [1.82, 2.24) is 19.7 Å². The molecule has 1 aliphatic heterocycles. The molecule has 0 unspecified atom stereocenters. The molecule has 31 heavy (non-hydrogen) atoms. The predicted octanol–water partition coefficient (Wildman–Crippen LogP) is 3.94. The molecule has 2 aliphatic rings. The van der Waals surface area contributed by atoms with Crippen LogP contribution in [0, 0.1) is 0 Å². The van der Waals surface area contributed by atoms with Crippen LogP contribution in [0.15, 0.2) is 48.7 Å². The van der Waals surface area contributed by atoms with Gasteiger partial charge in [-0.25, -0.2) is 0 Å². The molecule has 2 aromatic rings. The molecule has 0 atom stereocenters. The second kappa shape index (κ2) is 10.5. The molecular weight excluding hydrogens is 384 g/mol. The normalized spacial score (nSPS) is 21.5. The third kappa shape index (κ3) is 5.78. The zero-order chi connectivity index (χ0) is 21.5. The summed E-state index contributed by atoms with van der Waals surface area (Å²) in [5.74, 6) is 0.223. The summed E-state index contributed by atoms with van der Waals surface area (Å²) in [4.78, 5) is 18.2. The lowest BCUT2D eigenvalue weighted by atomic mass is 9.77. The highest BCUT2D eigenvalue weighted by Crippen LogP contribution is 2.38. The number of carbonyl (C=O) groups excluding carboxylic acids is 1. The third-order valence-electron chi connectivity index (χ3n) is 7.25. The van der Waals surface area contributed by atoms with Gasteiger partial charge >= 0.3 is 0 Å². The average molecular weight is 423 g/mol. The first kappa shape index (κ1) is 22.1. The fraction of sp³-hybridized carbons (Fsp3) is 0.577. The zero-order valence-corrected chi connectivity index (χ0v) is 19.1. The van der Waals surface area contributed by atoms with Gasteiger partial charge in [0.05, 0.1) is 0 Å². The lowest BCUT2D eigenvalue weighted by Crippen LogP contribution is -2.52. The maximum Gasteiger partial charge on any atom is 0.221 e. The number of aromatic nitrogens is 1. The summed E-state index contributed by atoms with van der Waals surface area (Å²) in [5, 5.41) is 3.25. The number of carbonyl (C=O) groups is 1. The molecule has 5 nitrogen and oxygen atoms in total. The van der Waals surface area contributed by atoms with Crippen molar-refractivity contribution in [2.75, 3.05) is 26.2 Å². The van der Waals surface area contributed by atoms with E-state index in [1.807, 2.05) is 0 Å². The molecule has 1 saturated heterocycles. The minimum Gasteiger partial charge on any atom is -0.355 e. The van der Waals surface area contributed by atoms with Crippen LogP contribution in [-0.2, 0) is 24.9 Å². The van der Waals surface area contributed by atoms with E-state index in [4.69, 9.17) is 0 Å². The molecule has 0 radical (unpaired) electrons. The molecule has 0 bridgehead atoms. The highest BCUT2D eigenvalue weighted by Gasteiger charge is 2.39. The van der Waals surface area contributed by atoms with Gasteiger partial charge < -0.3 is 9.88 Å². The Bertz CT molecular complexity index is 825. The molecule has 1 spiro atoms. The van der Waals surface area contributed by atoms with Gasteiger partial charge in [-0.15, -0.1) is 0 Å². The fourth-order valence-corrected chi connectivity index (χ4v) is 5.46. The van der Waals surface area contributed by atoms with Gasteiger partial charge in [0.25, 0.3) is 0 Å². The van der Waals surface area contributed by atoms with Crippen LogP contribution in [0.4, 0.5) is 0 Å². The Labute approximate surface area is 187 Å². The molecular formula is C26H38N4O. The van der Waals surface area contributed by atoms with E-state index in [1.165, 1.54) is 30.5 Å². The first-order valence-corrected chi connectivity index (χ1v) is 12.0. The Morgan fingerprint density at radius 3 is 2.45 bits per heavy atom. The lowest BCUT2D eigenvalue weighted by Gasteiger charge is -2.46. The number of hydrogen-bond acceptors (Lipinski definition) is 3. The number of nitrogens with one attached hydrogen (secondary N) is 1. The van der Waals surface area contributed by atoms with Gasteiger partial charge in [-0.05, 0) is 43.5 Å². The maximum absolute atomic E-state index is 13.0. The van der Waals surface area contributed by atoms with Gasteiger partial charge in [-0.2, -0.15) is 0 Å². The Kier molecular flexibility index (Phi) is 7.46. The highest BCUT2D eigenvalue weighted by molar-refractivity contribution is 5.77. The molecule has 2 heterocycles. The molecule has 4 rings (SSSR count). The van der Waals surface area contributed by atoms with Gasteiger partial charge in [0.15, 0.2) is 0 Å². The van der Waals surface area contributed by atoms with E-state index in [9.17, 15) is 4.79 Å². The van der Waals surface area contributed by atoms with Gasteiger partial charge in [0, 0.05) is 63.6 Å². The van der Waals surface area contributed by atoms with E-state index in [1.54, 1.807) is 0 Å². The number of hydrogen-bond donors (Lipinski definition) is 1. The standard InChI is InChI=1S/C26H38N4O/c1-28-16-8-12-24(28)22-29-17-9-18-30(21-23-10-4-2-5-11-23)26(13-6-3-7-14-26)20-25(31)27-15-19-29/h2,4-5,8,10-12,16H,3,6-7,9,13-15,17-22H2,1H3,(H,27,31). The van der Waals surface area contributed by atoms with Crippen LogP contribution in [-0.4, -0.2) is 52.0 Å². The third-order valence-corrected chi connectivity index (χ3v) is 7.25. The van der Waals surface area contributed by atoms with Crippen molar-refractivity contribution >= 4 is 5.91 Å². The Balaban J connectivity index is 1.53. The molecule has 1 aromatic heterocycles. The van der Waals surface area contributed by atoms with Crippen molar-refractivity contribution in [2.45, 2.75) is 63.6 Å². The first-order chi connectivity index (χ1) is 15.1. The first-order valence-electron chi connectivity index (χ1n) is 12.0. The van der Waals surface area contributed by atoms with Crippen molar-refractivity contribution < 1.29 is 4.79 Å². The van der Waals surface area contributed by atoms with E-state index in [0.717, 1.165) is 58.5 Å². The van der Waals surface area contributed by atoms with Crippen LogP contribution in [0.25, 0.3) is 0 Å². The molecule has 1 aromatic carbocycles. The van der Waals surface area contributed by atoms with Gasteiger partial charge in [0.2, 0.25) is 5.91 Å². The second-order valence-electron chi connectivity index (χ2n) is 9.46. The summed E-state index contributed by atoms with van der Waals surface area (Å²) in [6, 6.07) is 15.1. The summed E-state index contributed by atoms with van der Waals surface area (Å²) in [5.41, 5.74) is 2.68. The van der Waals surface area contributed by atoms with Crippen molar-refractivity contribution in [1.29, 1.82) is 0 Å². The molecule has 5 heteroatoms. The van der Waals surface area contributed by atoms with Crippen LogP contribution in [0.1, 0.15) is 56.2 Å². The minimum absolute atomic E-state index is 0.00542. The van der Waals surface area contributed by atoms with E-state index >= 15 is 0 Å². The Hall–Kier alpha value is -2.11. The van der Waals surface area contributed by atoms with Gasteiger partial charge in [-0.3, -0.25) is 14.6 Å². The predicted molar refractivity (Wildman–Crippen MR) is 126 cm³/mol. The summed E-state index contributed by atoms with van der Waals surface area (Å²) < 4.78 is 2.20. The van der Waals surface area contributed by atoms with Gasteiger partial charge in [-0.1, -0.05) is 49.6 Å². The minimum atomic E-state index is 0.00542. The summed E-state index contributed by atoms with van der Waals surface area (Å²) in [6.07, 6.45) is 9.92. The molecule has 168 valence electrons. The van der Waals surface area contributed by atoms with Crippen LogP contribution in [0.2, 0.25) is 0 Å². The second-order valence-corrected chi connectivity index (χ2v) is 9.46. The molecule has 1 amide bonds. The molecule has 1 aliphatic carbocycles. The average Bonchev–Trinajstić information content (AvgIpc) is 3.17. The summed E-state index contributed by atoms with van der Waals surface area (Å²) in [6.45, 7) is 5.62. The van der Waals surface area contributed by atoms with E-state index in [2.05, 4.69) is 75.4 Å². The monoisotopic (exact) mass is 422 g/mol. The van der Waals surface area contributed by atoms with Crippen LogP contribution >= 0.6 is 0 Å². The maximum atomic E-state index is 13.0. The number of rotatable bonds is 4. The number of nitrogens with zero attached hydrogens (tertiary/aromatic N) is 3.